The van der Waals surface area contributed by atoms with Gasteiger partial charge >= 0.3 is 0 Å². The van der Waals surface area contributed by atoms with Crippen LogP contribution >= 0.6 is 11.6 Å². The number of nitrogens with zero attached hydrogens (tertiary/aromatic N) is 1. The molecule has 2 N–H and O–H groups in total. The van der Waals surface area contributed by atoms with Gasteiger partial charge in [-0.25, -0.2) is 4.39 Å². The fraction of sp³-hybridized carbons (Fsp3) is 0.571. The molecule has 0 bridgehead atoms. The molecule has 0 heterocycles. The van der Waals surface area contributed by atoms with E-state index in [4.69, 9.17) is 17.3 Å². The molecule has 0 spiro atoms. The average Bonchev–Trinajstić information content (AvgIpc) is 2.26. The Labute approximate surface area is 114 Å². The van der Waals surface area contributed by atoms with Crippen molar-refractivity contribution in [2.45, 2.75) is 26.3 Å². The van der Waals surface area contributed by atoms with Gasteiger partial charge < -0.3 is 5.73 Å². The van der Waals surface area contributed by atoms with Crippen molar-refractivity contribution in [1.82, 2.24) is 4.90 Å². The monoisotopic (exact) mass is 272 g/mol. The van der Waals surface area contributed by atoms with Crippen LogP contribution in [0, 0.1) is 11.7 Å². The molecular weight excluding hydrogens is 251 g/mol. The summed E-state index contributed by atoms with van der Waals surface area (Å²) in [5.74, 6) is 0.329. The molecule has 0 saturated carbocycles. The summed E-state index contributed by atoms with van der Waals surface area (Å²) in [6.07, 6.45) is 1.09. The predicted octanol–water partition coefficient (Wildman–Crippen LogP) is 3.46. The normalized spacial score (nSPS) is 13.3. The van der Waals surface area contributed by atoms with E-state index in [9.17, 15) is 4.39 Å². The van der Waals surface area contributed by atoms with Crippen LogP contribution in [-0.2, 0) is 0 Å². The zero-order valence-corrected chi connectivity index (χ0v) is 12.0. The van der Waals surface area contributed by atoms with Gasteiger partial charge in [0.05, 0.1) is 0 Å². The molecule has 0 radical (unpaired) electrons. The Morgan fingerprint density at radius 2 is 2.00 bits per heavy atom. The summed E-state index contributed by atoms with van der Waals surface area (Å²) in [6.45, 7) is 5.76. The van der Waals surface area contributed by atoms with Gasteiger partial charge in [0.15, 0.2) is 0 Å². The maximum Gasteiger partial charge on any atom is 0.125 e. The summed E-state index contributed by atoms with van der Waals surface area (Å²) in [4.78, 5) is 2.16. The van der Waals surface area contributed by atoms with Crippen molar-refractivity contribution < 1.29 is 4.39 Å². The molecule has 0 amide bonds. The summed E-state index contributed by atoms with van der Waals surface area (Å²) in [5.41, 5.74) is 6.65. The highest BCUT2D eigenvalue weighted by molar-refractivity contribution is 6.30. The first-order chi connectivity index (χ1) is 8.43. The first-order valence-electron chi connectivity index (χ1n) is 6.30. The average molecular weight is 273 g/mol. The van der Waals surface area contributed by atoms with Gasteiger partial charge in [-0.15, -0.1) is 0 Å². The Bertz CT molecular complexity index is 362. The van der Waals surface area contributed by atoms with E-state index in [0.717, 1.165) is 18.5 Å². The summed E-state index contributed by atoms with van der Waals surface area (Å²) in [7, 11) is 2.01. The maximum atomic E-state index is 13.4. The van der Waals surface area contributed by atoms with Gasteiger partial charge in [0.25, 0.3) is 0 Å². The first-order valence-corrected chi connectivity index (χ1v) is 6.68. The van der Waals surface area contributed by atoms with Crippen LogP contribution in [-0.4, -0.2) is 25.0 Å². The predicted molar refractivity (Wildman–Crippen MR) is 75.3 cm³/mol. The quantitative estimate of drug-likeness (QED) is 0.859. The van der Waals surface area contributed by atoms with Crippen molar-refractivity contribution in [2.24, 2.45) is 11.7 Å². The number of nitrogens with two attached hydrogens (primary N) is 1. The standard InChI is InChI=1S/C14H22ClFN2/c1-10(2)4-5-18(3)14(9-17)11-6-12(15)8-13(16)7-11/h6-8,10,14H,4-5,9,17H2,1-3H3. The molecule has 1 aromatic rings. The van der Waals surface area contributed by atoms with Gasteiger partial charge in [0, 0.05) is 17.6 Å². The van der Waals surface area contributed by atoms with E-state index >= 15 is 0 Å². The lowest BCUT2D eigenvalue weighted by Gasteiger charge is -2.28. The third kappa shape index (κ3) is 4.56. The van der Waals surface area contributed by atoms with Gasteiger partial charge in [-0.1, -0.05) is 25.4 Å². The van der Waals surface area contributed by atoms with Gasteiger partial charge in [0.2, 0.25) is 0 Å². The molecule has 0 aliphatic heterocycles. The number of likely N-dealkylation sites (N-methyl/N-ethyl adjacent to an activating group) is 1. The van der Waals surface area contributed by atoms with Crippen LogP contribution in [0.3, 0.4) is 0 Å². The third-order valence-corrected chi connectivity index (χ3v) is 3.30. The summed E-state index contributed by atoms with van der Waals surface area (Å²) in [5, 5.41) is 0.417. The molecule has 1 rings (SSSR count). The van der Waals surface area contributed by atoms with Crippen LogP contribution in [0.25, 0.3) is 0 Å². The summed E-state index contributed by atoms with van der Waals surface area (Å²) >= 11 is 5.88. The van der Waals surface area contributed by atoms with Crippen molar-refractivity contribution in [3.8, 4) is 0 Å². The van der Waals surface area contributed by atoms with Crippen molar-refractivity contribution in [2.75, 3.05) is 20.1 Å². The second-order valence-corrected chi connectivity index (χ2v) is 5.55. The van der Waals surface area contributed by atoms with Crippen LogP contribution in [0.15, 0.2) is 18.2 Å². The van der Waals surface area contributed by atoms with Crippen LogP contribution in [0.4, 0.5) is 4.39 Å². The van der Waals surface area contributed by atoms with Gasteiger partial charge in [-0.3, -0.25) is 4.90 Å². The van der Waals surface area contributed by atoms with Gasteiger partial charge in [-0.2, -0.15) is 0 Å². The molecule has 1 unspecified atom stereocenters. The molecule has 18 heavy (non-hydrogen) atoms. The lowest BCUT2D eigenvalue weighted by molar-refractivity contribution is 0.236. The SMILES string of the molecule is CC(C)CCN(C)C(CN)c1cc(F)cc(Cl)c1. The Balaban J connectivity index is 2.81. The first kappa shape index (κ1) is 15.4. The van der Waals surface area contributed by atoms with E-state index in [1.54, 1.807) is 6.07 Å². The Kier molecular flexibility index (Phi) is 6.06. The van der Waals surface area contributed by atoms with E-state index in [0.29, 0.717) is 17.5 Å². The van der Waals surface area contributed by atoms with Crippen LogP contribution in [0.5, 0.6) is 0 Å². The summed E-state index contributed by atoms with van der Waals surface area (Å²) in [6, 6.07) is 4.62. The molecule has 4 heteroatoms. The molecule has 0 aliphatic carbocycles. The minimum absolute atomic E-state index is 0.0111. The largest absolute Gasteiger partial charge is 0.329 e. The number of rotatable bonds is 6. The van der Waals surface area contributed by atoms with Crippen molar-refractivity contribution in [1.29, 1.82) is 0 Å². The number of benzene rings is 1. The number of hydrogen-bond acceptors (Lipinski definition) is 2. The lowest BCUT2D eigenvalue weighted by Crippen LogP contribution is -2.32. The molecule has 2 nitrogen and oxygen atoms in total. The van der Waals surface area contributed by atoms with E-state index in [2.05, 4.69) is 18.7 Å². The van der Waals surface area contributed by atoms with Gasteiger partial charge in [-0.05, 0) is 49.7 Å². The summed E-state index contributed by atoms with van der Waals surface area (Å²) < 4.78 is 13.4. The van der Waals surface area contributed by atoms with Crippen LogP contribution < -0.4 is 5.73 Å². The molecule has 1 atom stereocenters. The highest BCUT2D eigenvalue weighted by atomic mass is 35.5. The van der Waals surface area contributed by atoms with E-state index in [1.807, 2.05) is 7.05 Å². The Morgan fingerprint density at radius 3 is 2.50 bits per heavy atom. The highest BCUT2D eigenvalue weighted by Crippen LogP contribution is 2.23. The minimum Gasteiger partial charge on any atom is -0.329 e. The molecule has 102 valence electrons. The number of halogens is 2. The topological polar surface area (TPSA) is 29.3 Å². The van der Waals surface area contributed by atoms with Crippen LogP contribution in [0.1, 0.15) is 31.9 Å². The highest BCUT2D eigenvalue weighted by Gasteiger charge is 2.16. The van der Waals surface area contributed by atoms with Crippen molar-refractivity contribution >= 4 is 11.6 Å². The fourth-order valence-electron chi connectivity index (χ4n) is 1.96. The molecule has 0 aliphatic rings. The lowest BCUT2D eigenvalue weighted by atomic mass is 10.0. The second kappa shape index (κ2) is 7.07. The molecule has 0 saturated heterocycles. The van der Waals surface area contributed by atoms with Gasteiger partial charge in [0.1, 0.15) is 5.82 Å². The molecule has 1 aromatic carbocycles. The van der Waals surface area contributed by atoms with E-state index < -0.39 is 0 Å². The maximum absolute atomic E-state index is 13.4. The Morgan fingerprint density at radius 1 is 1.33 bits per heavy atom. The minimum atomic E-state index is -0.312. The van der Waals surface area contributed by atoms with E-state index in [-0.39, 0.29) is 11.9 Å². The zero-order valence-electron chi connectivity index (χ0n) is 11.3. The van der Waals surface area contributed by atoms with Crippen LogP contribution in [0.2, 0.25) is 5.02 Å². The molecule has 0 aromatic heterocycles. The number of hydrogen-bond donors (Lipinski definition) is 1. The fourth-order valence-corrected chi connectivity index (χ4v) is 2.19. The van der Waals surface area contributed by atoms with Crippen molar-refractivity contribution in [3.63, 3.8) is 0 Å². The molecule has 0 fully saturated rings. The smallest absolute Gasteiger partial charge is 0.125 e. The molecular formula is C14H22ClFN2. The van der Waals surface area contributed by atoms with Crippen molar-refractivity contribution in [3.05, 3.63) is 34.6 Å². The Hall–Kier alpha value is -0.640. The van der Waals surface area contributed by atoms with E-state index in [1.165, 1.54) is 12.1 Å². The second-order valence-electron chi connectivity index (χ2n) is 5.12. The zero-order chi connectivity index (χ0) is 13.7. The third-order valence-electron chi connectivity index (χ3n) is 3.08.